The van der Waals surface area contributed by atoms with Crippen LogP contribution in [0, 0.1) is 13.8 Å². The van der Waals surface area contributed by atoms with Crippen molar-refractivity contribution in [3.63, 3.8) is 0 Å². The third-order valence-corrected chi connectivity index (χ3v) is 7.54. The van der Waals surface area contributed by atoms with E-state index in [4.69, 9.17) is 14.1 Å². The summed E-state index contributed by atoms with van der Waals surface area (Å²) in [5, 5.41) is 16.4. The number of nitrogens with zero attached hydrogens (tertiary/aromatic N) is 4. The normalized spacial score (nSPS) is 12.6. The van der Waals surface area contributed by atoms with Crippen LogP contribution in [0.15, 0.2) is 27.1 Å². The van der Waals surface area contributed by atoms with Crippen LogP contribution >= 0.6 is 11.3 Å². The molecule has 3 N–H and O–H groups in total. The summed E-state index contributed by atoms with van der Waals surface area (Å²) in [5.41, 5.74) is 3.21. The highest BCUT2D eigenvalue weighted by Crippen LogP contribution is 2.32. The largest absolute Gasteiger partial charge is 0.423 e. The van der Waals surface area contributed by atoms with Gasteiger partial charge in [-0.1, -0.05) is 11.2 Å². The van der Waals surface area contributed by atoms with Gasteiger partial charge in [0.05, 0.1) is 22.5 Å². The standard InChI is InChI=1S/C17H18N6O6S3/c1-9-17(10(2)29-23-9)11-3-4-13-12(5-11)20-16(30-13)8-31(24,25)7-15-22-21-14(28-15)6-19-32(18,26)27/h3-5,19H,6-8H2,1-2H3,(H2,18,26,27). The number of aromatic nitrogens is 4. The van der Waals surface area contributed by atoms with Gasteiger partial charge in [-0.2, -0.15) is 13.1 Å². The Morgan fingerprint density at radius 2 is 1.84 bits per heavy atom. The van der Waals surface area contributed by atoms with E-state index >= 15 is 0 Å². The Bertz CT molecular complexity index is 1480. The van der Waals surface area contributed by atoms with Gasteiger partial charge in [0.1, 0.15) is 22.3 Å². The minimum absolute atomic E-state index is 0.101. The molecule has 4 rings (SSSR count). The Morgan fingerprint density at radius 1 is 1.09 bits per heavy atom. The van der Waals surface area contributed by atoms with Gasteiger partial charge < -0.3 is 8.94 Å². The molecule has 4 aromatic rings. The Kier molecular flexibility index (Phi) is 5.85. The maximum Gasteiger partial charge on any atom is 0.274 e. The molecule has 0 fully saturated rings. The van der Waals surface area contributed by atoms with Crippen LogP contribution in [0.3, 0.4) is 0 Å². The van der Waals surface area contributed by atoms with Crippen molar-refractivity contribution in [3.05, 3.63) is 46.4 Å². The number of hydrogen-bond donors (Lipinski definition) is 2. The van der Waals surface area contributed by atoms with Gasteiger partial charge in [0, 0.05) is 5.56 Å². The number of benzene rings is 1. The van der Waals surface area contributed by atoms with E-state index in [1.807, 2.05) is 36.8 Å². The number of rotatable bonds is 8. The van der Waals surface area contributed by atoms with Crippen LogP contribution in [0.5, 0.6) is 0 Å². The summed E-state index contributed by atoms with van der Waals surface area (Å²) in [6.45, 7) is 3.34. The second kappa shape index (κ2) is 8.32. The van der Waals surface area contributed by atoms with Crippen LogP contribution in [0.1, 0.15) is 28.2 Å². The Morgan fingerprint density at radius 3 is 2.53 bits per heavy atom. The molecule has 32 heavy (non-hydrogen) atoms. The molecule has 0 saturated carbocycles. The van der Waals surface area contributed by atoms with Crippen molar-refractivity contribution in [1.82, 2.24) is 25.1 Å². The molecule has 0 aliphatic carbocycles. The summed E-state index contributed by atoms with van der Waals surface area (Å²) < 4.78 is 60.2. The smallest absolute Gasteiger partial charge is 0.274 e. The van der Waals surface area contributed by atoms with Crippen molar-refractivity contribution in [2.24, 2.45) is 5.14 Å². The Labute approximate surface area is 186 Å². The highest BCUT2D eigenvalue weighted by molar-refractivity contribution is 7.90. The van der Waals surface area contributed by atoms with Crippen LogP contribution in [0.4, 0.5) is 0 Å². The first kappa shape index (κ1) is 22.5. The summed E-state index contributed by atoms with van der Waals surface area (Å²) in [7, 11) is -7.60. The maximum absolute atomic E-state index is 12.6. The summed E-state index contributed by atoms with van der Waals surface area (Å²) in [6, 6.07) is 5.67. The number of hydrogen-bond acceptors (Lipinski definition) is 11. The van der Waals surface area contributed by atoms with Gasteiger partial charge in [0.15, 0.2) is 9.84 Å². The Hall–Kier alpha value is -2.72. The van der Waals surface area contributed by atoms with Crippen molar-refractivity contribution in [2.75, 3.05) is 0 Å². The summed E-state index contributed by atoms with van der Waals surface area (Å²) >= 11 is 1.28. The fourth-order valence-corrected chi connectivity index (χ4v) is 5.97. The van der Waals surface area contributed by atoms with Gasteiger partial charge in [0.2, 0.25) is 11.8 Å². The van der Waals surface area contributed by atoms with Crippen LogP contribution in [-0.4, -0.2) is 37.2 Å². The van der Waals surface area contributed by atoms with Crippen LogP contribution in [0.25, 0.3) is 21.3 Å². The van der Waals surface area contributed by atoms with E-state index in [-0.39, 0.29) is 24.1 Å². The van der Waals surface area contributed by atoms with E-state index in [2.05, 4.69) is 20.3 Å². The van der Waals surface area contributed by atoms with Gasteiger partial charge in [-0.05, 0) is 31.5 Å². The average molecular weight is 499 g/mol. The molecule has 3 aromatic heterocycles. The van der Waals surface area contributed by atoms with Gasteiger partial charge in [-0.3, -0.25) is 0 Å². The lowest BCUT2D eigenvalue weighted by atomic mass is 10.0. The van der Waals surface area contributed by atoms with Gasteiger partial charge >= 0.3 is 0 Å². The van der Waals surface area contributed by atoms with E-state index in [0.29, 0.717) is 16.3 Å². The molecular weight excluding hydrogens is 480 g/mol. The molecule has 12 nitrogen and oxygen atoms in total. The second-order valence-electron chi connectivity index (χ2n) is 6.98. The first-order chi connectivity index (χ1) is 15.0. The fraction of sp³-hybridized carbons (Fsp3) is 0.294. The molecule has 0 atom stereocenters. The predicted octanol–water partition coefficient (Wildman–Crippen LogP) is 1.36. The molecule has 0 aliphatic rings. The summed E-state index contributed by atoms with van der Waals surface area (Å²) in [4.78, 5) is 4.46. The molecular formula is C17H18N6O6S3. The number of thiazole rings is 1. The van der Waals surface area contributed by atoms with E-state index in [9.17, 15) is 16.8 Å². The number of nitrogens with one attached hydrogen (secondary N) is 1. The fourth-order valence-electron chi connectivity index (χ4n) is 3.10. The quantitative estimate of drug-likeness (QED) is 0.359. The van der Waals surface area contributed by atoms with Gasteiger partial charge in [0.25, 0.3) is 10.2 Å². The number of nitrogens with two attached hydrogens (primary N) is 1. The number of fused-ring (bicyclic) bond motifs is 1. The molecule has 3 heterocycles. The zero-order valence-electron chi connectivity index (χ0n) is 16.9. The maximum atomic E-state index is 12.6. The zero-order chi connectivity index (χ0) is 23.1. The van der Waals surface area contributed by atoms with E-state index in [0.717, 1.165) is 21.5 Å². The lowest BCUT2D eigenvalue weighted by molar-refractivity contribution is 0.393. The highest BCUT2D eigenvalue weighted by atomic mass is 32.2. The topological polar surface area (TPSA) is 184 Å². The molecule has 0 spiro atoms. The SMILES string of the molecule is Cc1noc(C)c1-c1ccc2sc(CS(=O)(=O)Cc3nnc(CNS(N)(=O)=O)o3)nc2c1. The summed E-state index contributed by atoms with van der Waals surface area (Å²) in [6.07, 6.45) is 0. The number of aryl methyl sites for hydroxylation is 2. The average Bonchev–Trinajstić information content (AvgIpc) is 3.37. The first-order valence-electron chi connectivity index (χ1n) is 9.11. The first-order valence-corrected chi connectivity index (χ1v) is 13.3. The van der Waals surface area contributed by atoms with Crippen molar-refractivity contribution in [1.29, 1.82) is 0 Å². The van der Waals surface area contributed by atoms with E-state index in [1.165, 1.54) is 11.3 Å². The zero-order valence-corrected chi connectivity index (χ0v) is 19.3. The van der Waals surface area contributed by atoms with E-state index < -0.39 is 25.8 Å². The predicted molar refractivity (Wildman–Crippen MR) is 115 cm³/mol. The summed E-state index contributed by atoms with van der Waals surface area (Å²) in [5.74, 6) is -0.373. The molecule has 0 saturated heterocycles. The molecule has 0 radical (unpaired) electrons. The third-order valence-electron chi connectivity index (χ3n) is 4.37. The monoisotopic (exact) mass is 498 g/mol. The van der Waals surface area contributed by atoms with Crippen molar-refractivity contribution >= 4 is 41.6 Å². The lowest BCUT2D eigenvalue weighted by Gasteiger charge is -1.99. The molecule has 1 aromatic carbocycles. The van der Waals surface area contributed by atoms with Crippen molar-refractivity contribution in [2.45, 2.75) is 31.9 Å². The molecule has 0 bridgehead atoms. The van der Waals surface area contributed by atoms with Crippen molar-refractivity contribution < 1.29 is 25.8 Å². The number of sulfone groups is 1. The second-order valence-corrected chi connectivity index (χ2v) is 11.5. The van der Waals surface area contributed by atoms with Crippen LogP contribution < -0.4 is 9.86 Å². The van der Waals surface area contributed by atoms with Gasteiger partial charge in [-0.15, -0.1) is 21.5 Å². The molecule has 15 heteroatoms. The highest BCUT2D eigenvalue weighted by Gasteiger charge is 2.21. The minimum Gasteiger partial charge on any atom is -0.423 e. The van der Waals surface area contributed by atoms with Gasteiger partial charge in [-0.25, -0.2) is 18.5 Å². The molecule has 0 aliphatic heterocycles. The third kappa shape index (κ3) is 5.18. The Balaban J connectivity index is 1.49. The van der Waals surface area contributed by atoms with E-state index in [1.54, 1.807) is 0 Å². The molecule has 170 valence electrons. The van der Waals surface area contributed by atoms with Crippen LogP contribution in [0.2, 0.25) is 0 Å². The minimum atomic E-state index is -3.94. The van der Waals surface area contributed by atoms with Crippen LogP contribution in [-0.2, 0) is 38.1 Å². The van der Waals surface area contributed by atoms with Crippen molar-refractivity contribution in [3.8, 4) is 11.1 Å². The molecule has 0 amide bonds. The molecule has 0 unspecified atom stereocenters. The lowest BCUT2D eigenvalue weighted by Crippen LogP contribution is -2.30.